The summed E-state index contributed by atoms with van der Waals surface area (Å²) in [5.41, 5.74) is 7.04. The van der Waals surface area contributed by atoms with Gasteiger partial charge in [-0.3, -0.25) is 10.1 Å². The summed E-state index contributed by atoms with van der Waals surface area (Å²) >= 11 is 0. The molecule has 15 heavy (non-hydrogen) atoms. The van der Waals surface area contributed by atoms with Gasteiger partial charge in [-0.2, -0.15) is 4.98 Å². The van der Waals surface area contributed by atoms with Gasteiger partial charge >= 0.3 is 6.01 Å². The van der Waals surface area contributed by atoms with Crippen LogP contribution in [0.2, 0.25) is 0 Å². The Labute approximate surface area is 85.5 Å². The van der Waals surface area contributed by atoms with Crippen molar-refractivity contribution < 1.29 is 9.21 Å². The second-order valence-electron chi connectivity index (χ2n) is 3.09. The fourth-order valence-corrected chi connectivity index (χ4v) is 1.12. The number of aromatic nitrogens is 2. The number of nitrogens with one attached hydrogen (secondary N) is 2. The van der Waals surface area contributed by atoms with E-state index < -0.39 is 0 Å². The maximum Gasteiger partial charge on any atom is 0.301 e. The third kappa shape index (κ3) is 1.98. The number of nitrogen functional groups attached to an aromatic ring is 1. The van der Waals surface area contributed by atoms with Crippen molar-refractivity contribution in [2.75, 3.05) is 11.1 Å². The van der Waals surface area contributed by atoms with Gasteiger partial charge in [0.2, 0.25) is 0 Å². The molecule has 0 fully saturated rings. The van der Waals surface area contributed by atoms with Gasteiger partial charge in [-0.25, -0.2) is 0 Å². The minimum absolute atomic E-state index is 0.172. The van der Waals surface area contributed by atoms with E-state index in [0.717, 1.165) is 0 Å². The van der Waals surface area contributed by atoms with Gasteiger partial charge in [0, 0.05) is 11.9 Å². The normalized spacial score (nSPS) is 10.2. The van der Waals surface area contributed by atoms with Gasteiger partial charge in [0.05, 0.1) is 5.69 Å². The van der Waals surface area contributed by atoms with Crippen molar-refractivity contribution in [2.24, 2.45) is 0 Å². The highest BCUT2D eigenvalue weighted by Gasteiger charge is 2.10. The molecular formula is C9H10N4O2. The lowest BCUT2D eigenvalue weighted by molar-refractivity contribution is 0.102. The van der Waals surface area contributed by atoms with Crippen LogP contribution in [0.5, 0.6) is 0 Å². The number of carbonyl (C=O) groups excluding carboxylic acids is 1. The van der Waals surface area contributed by atoms with E-state index >= 15 is 0 Å². The van der Waals surface area contributed by atoms with Gasteiger partial charge in [0.25, 0.3) is 5.91 Å². The molecule has 0 aliphatic rings. The van der Waals surface area contributed by atoms with Crippen LogP contribution in [0.15, 0.2) is 22.9 Å². The van der Waals surface area contributed by atoms with Gasteiger partial charge in [0.1, 0.15) is 12.0 Å². The zero-order chi connectivity index (χ0) is 10.8. The SMILES string of the molecule is Cc1coc(NC(=O)c2cc(N)c[nH]2)n1. The molecule has 1 amide bonds. The Bertz CT molecular complexity index is 486. The predicted octanol–water partition coefficient (Wildman–Crippen LogP) is 1.15. The molecule has 0 spiro atoms. The van der Waals surface area contributed by atoms with E-state index in [1.807, 2.05) is 0 Å². The molecule has 6 nitrogen and oxygen atoms in total. The Balaban J connectivity index is 2.10. The second kappa shape index (κ2) is 3.49. The molecule has 0 radical (unpaired) electrons. The molecule has 2 heterocycles. The number of hydrogen-bond donors (Lipinski definition) is 3. The van der Waals surface area contributed by atoms with Crippen molar-refractivity contribution in [1.82, 2.24) is 9.97 Å². The lowest BCUT2D eigenvalue weighted by Gasteiger charge is -1.96. The Morgan fingerprint density at radius 1 is 1.67 bits per heavy atom. The van der Waals surface area contributed by atoms with E-state index in [-0.39, 0.29) is 11.9 Å². The van der Waals surface area contributed by atoms with Crippen LogP contribution in [0.1, 0.15) is 16.2 Å². The molecule has 0 atom stereocenters. The van der Waals surface area contributed by atoms with E-state index in [0.29, 0.717) is 17.1 Å². The first-order valence-electron chi connectivity index (χ1n) is 4.32. The average Bonchev–Trinajstić information content (AvgIpc) is 2.75. The molecule has 78 valence electrons. The first-order chi connectivity index (χ1) is 7.15. The van der Waals surface area contributed by atoms with Gasteiger partial charge < -0.3 is 15.1 Å². The van der Waals surface area contributed by atoms with Gasteiger partial charge in [-0.1, -0.05) is 0 Å². The summed E-state index contributed by atoms with van der Waals surface area (Å²) in [5, 5.41) is 2.49. The van der Waals surface area contributed by atoms with E-state index in [1.54, 1.807) is 6.92 Å². The molecule has 0 bridgehead atoms. The zero-order valence-corrected chi connectivity index (χ0v) is 8.07. The maximum absolute atomic E-state index is 11.5. The van der Waals surface area contributed by atoms with Gasteiger partial charge in [-0.15, -0.1) is 0 Å². The summed E-state index contributed by atoms with van der Waals surface area (Å²) in [7, 11) is 0. The summed E-state index contributed by atoms with van der Waals surface area (Å²) in [5.74, 6) is -0.339. The van der Waals surface area contributed by atoms with Crippen LogP contribution < -0.4 is 11.1 Å². The standard InChI is InChI=1S/C9H10N4O2/c1-5-4-15-9(12-5)13-8(14)7-2-6(10)3-11-7/h2-4,11H,10H2,1H3,(H,12,13,14). The van der Waals surface area contributed by atoms with Crippen LogP contribution in [0.25, 0.3) is 0 Å². The molecule has 0 saturated carbocycles. The van der Waals surface area contributed by atoms with E-state index in [1.165, 1.54) is 18.5 Å². The van der Waals surface area contributed by atoms with Crippen molar-refractivity contribution in [3.05, 3.63) is 29.9 Å². The largest absolute Gasteiger partial charge is 0.432 e. The van der Waals surface area contributed by atoms with Gasteiger partial charge in [0.15, 0.2) is 0 Å². The highest BCUT2D eigenvalue weighted by Crippen LogP contribution is 2.09. The Kier molecular flexibility index (Phi) is 2.17. The molecular weight excluding hydrogens is 196 g/mol. The quantitative estimate of drug-likeness (QED) is 0.686. The third-order valence-corrected chi connectivity index (χ3v) is 1.79. The highest BCUT2D eigenvalue weighted by molar-refractivity contribution is 6.02. The number of aryl methyl sites for hydroxylation is 1. The number of nitrogens with zero attached hydrogens (tertiary/aromatic N) is 1. The number of carbonyl (C=O) groups is 1. The molecule has 6 heteroatoms. The Morgan fingerprint density at radius 3 is 3.00 bits per heavy atom. The van der Waals surface area contributed by atoms with E-state index in [4.69, 9.17) is 10.2 Å². The lowest BCUT2D eigenvalue weighted by Crippen LogP contribution is -2.12. The first-order valence-corrected chi connectivity index (χ1v) is 4.32. The van der Waals surface area contributed by atoms with Crippen molar-refractivity contribution in [2.45, 2.75) is 6.92 Å². The molecule has 2 rings (SSSR count). The molecule has 0 aromatic carbocycles. The number of rotatable bonds is 2. The van der Waals surface area contributed by atoms with Crippen LogP contribution >= 0.6 is 0 Å². The van der Waals surface area contributed by atoms with Crippen LogP contribution in [-0.2, 0) is 0 Å². The summed E-state index contributed by atoms with van der Waals surface area (Å²) < 4.78 is 4.98. The third-order valence-electron chi connectivity index (χ3n) is 1.79. The minimum Gasteiger partial charge on any atom is -0.432 e. The van der Waals surface area contributed by atoms with Crippen molar-refractivity contribution in [3.8, 4) is 0 Å². The molecule has 0 unspecified atom stereocenters. The Hall–Kier alpha value is -2.24. The number of oxazole rings is 1. The minimum atomic E-state index is -0.339. The number of amides is 1. The lowest BCUT2D eigenvalue weighted by atomic mass is 10.4. The number of hydrogen-bond acceptors (Lipinski definition) is 4. The highest BCUT2D eigenvalue weighted by atomic mass is 16.4. The second-order valence-corrected chi connectivity index (χ2v) is 3.09. The van der Waals surface area contributed by atoms with Crippen LogP contribution in [0.4, 0.5) is 11.7 Å². The fraction of sp³-hybridized carbons (Fsp3) is 0.111. The summed E-state index contributed by atoms with van der Waals surface area (Å²) in [6.07, 6.45) is 2.99. The van der Waals surface area contributed by atoms with Crippen molar-refractivity contribution in [1.29, 1.82) is 0 Å². The van der Waals surface area contributed by atoms with E-state index in [9.17, 15) is 4.79 Å². The topological polar surface area (TPSA) is 96.9 Å². The number of nitrogens with two attached hydrogens (primary N) is 1. The van der Waals surface area contributed by atoms with Crippen LogP contribution in [0.3, 0.4) is 0 Å². The van der Waals surface area contributed by atoms with Gasteiger partial charge in [-0.05, 0) is 13.0 Å². The number of anilines is 2. The summed E-state index contributed by atoms with van der Waals surface area (Å²) in [6.45, 7) is 1.77. The zero-order valence-electron chi connectivity index (χ0n) is 8.07. The van der Waals surface area contributed by atoms with E-state index in [2.05, 4.69) is 15.3 Å². The number of H-pyrrole nitrogens is 1. The predicted molar refractivity (Wildman–Crippen MR) is 54.4 cm³/mol. The molecule has 0 aliphatic heterocycles. The molecule has 0 aliphatic carbocycles. The molecule has 4 N–H and O–H groups in total. The van der Waals surface area contributed by atoms with Crippen LogP contribution in [0, 0.1) is 6.92 Å². The molecule has 2 aromatic heterocycles. The Morgan fingerprint density at radius 2 is 2.47 bits per heavy atom. The van der Waals surface area contributed by atoms with Crippen molar-refractivity contribution in [3.63, 3.8) is 0 Å². The maximum atomic E-state index is 11.5. The summed E-state index contributed by atoms with van der Waals surface area (Å²) in [6, 6.07) is 1.70. The summed E-state index contributed by atoms with van der Waals surface area (Å²) in [4.78, 5) is 18.2. The molecule has 0 saturated heterocycles. The number of aromatic amines is 1. The average molecular weight is 206 g/mol. The van der Waals surface area contributed by atoms with Crippen LogP contribution in [-0.4, -0.2) is 15.9 Å². The monoisotopic (exact) mass is 206 g/mol. The first kappa shape index (κ1) is 9.32. The van der Waals surface area contributed by atoms with Crippen molar-refractivity contribution >= 4 is 17.6 Å². The smallest absolute Gasteiger partial charge is 0.301 e. The fourth-order valence-electron chi connectivity index (χ4n) is 1.12. The molecule has 2 aromatic rings.